The van der Waals surface area contributed by atoms with Gasteiger partial charge in [-0.3, -0.25) is 9.59 Å². The van der Waals surface area contributed by atoms with Crippen LogP contribution in [-0.2, 0) is 9.59 Å². The standard InChI is InChI=1S/C10H19N3O2/c1-2-3-12-9(14)7-13-6-8(5-11)4-10(13)15/h8H,2-7,11H2,1H3,(H,12,14). The molecule has 0 radical (unpaired) electrons. The Morgan fingerprint density at radius 2 is 2.40 bits per heavy atom. The summed E-state index contributed by atoms with van der Waals surface area (Å²) in [5.74, 6) is 0.177. The van der Waals surface area contributed by atoms with E-state index in [-0.39, 0.29) is 24.3 Å². The Hall–Kier alpha value is -1.10. The van der Waals surface area contributed by atoms with Gasteiger partial charge in [0, 0.05) is 19.5 Å². The highest BCUT2D eigenvalue weighted by Gasteiger charge is 2.29. The molecule has 3 N–H and O–H groups in total. The van der Waals surface area contributed by atoms with Crippen LogP contribution in [0.3, 0.4) is 0 Å². The Kier molecular flexibility index (Phi) is 4.55. The maximum Gasteiger partial charge on any atom is 0.239 e. The van der Waals surface area contributed by atoms with Crippen LogP contribution in [0.5, 0.6) is 0 Å². The van der Waals surface area contributed by atoms with Gasteiger partial charge in [0.2, 0.25) is 11.8 Å². The van der Waals surface area contributed by atoms with Gasteiger partial charge in [0.05, 0.1) is 6.54 Å². The van der Waals surface area contributed by atoms with E-state index in [1.807, 2.05) is 6.92 Å². The average Bonchev–Trinajstić information content (AvgIpc) is 2.57. The fraction of sp³-hybridized carbons (Fsp3) is 0.800. The number of nitrogens with one attached hydrogen (secondary N) is 1. The third kappa shape index (κ3) is 3.51. The molecule has 0 saturated carbocycles. The first-order chi connectivity index (χ1) is 7.17. The summed E-state index contributed by atoms with van der Waals surface area (Å²) in [5.41, 5.74) is 5.49. The molecule has 0 aromatic carbocycles. The predicted octanol–water partition coefficient (Wildman–Crippen LogP) is -0.680. The fourth-order valence-corrected chi connectivity index (χ4v) is 1.66. The van der Waals surface area contributed by atoms with E-state index in [9.17, 15) is 9.59 Å². The Balaban J connectivity index is 2.32. The third-order valence-corrected chi connectivity index (χ3v) is 2.53. The molecule has 0 bridgehead atoms. The average molecular weight is 213 g/mol. The zero-order valence-electron chi connectivity index (χ0n) is 9.16. The van der Waals surface area contributed by atoms with Gasteiger partial charge in [-0.2, -0.15) is 0 Å². The van der Waals surface area contributed by atoms with Crippen molar-refractivity contribution in [3.05, 3.63) is 0 Å². The van der Waals surface area contributed by atoms with Crippen LogP contribution >= 0.6 is 0 Å². The largest absolute Gasteiger partial charge is 0.355 e. The lowest BCUT2D eigenvalue weighted by Crippen LogP contribution is -2.38. The molecule has 1 aliphatic heterocycles. The minimum atomic E-state index is -0.0807. The Bertz CT molecular complexity index is 243. The summed E-state index contributed by atoms with van der Waals surface area (Å²) < 4.78 is 0. The lowest BCUT2D eigenvalue weighted by Gasteiger charge is -2.15. The van der Waals surface area contributed by atoms with Gasteiger partial charge < -0.3 is 16.0 Å². The first-order valence-electron chi connectivity index (χ1n) is 5.42. The highest BCUT2D eigenvalue weighted by Crippen LogP contribution is 2.15. The molecule has 1 fully saturated rings. The topological polar surface area (TPSA) is 75.4 Å². The molecule has 1 heterocycles. The van der Waals surface area contributed by atoms with Crippen LogP contribution in [0.2, 0.25) is 0 Å². The van der Waals surface area contributed by atoms with Gasteiger partial charge in [-0.25, -0.2) is 0 Å². The molecule has 1 rings (SSSR count). The van der Waals surface area contributed by atoms with Crippen molar-refractivity contribution in [1.29, 1.82) is 0 Å². The smallest absolute Gasteiger partial charge is 0.239 e. The number of likely N-dealkylation sites (tertiary alicyclic amines) is 1. The lowest BCUT2D eigenvalue weighted by atomic mass is 10.1. The summed E-state index contributed by atoms with van der Waals surface area (Å²) in [4.78, 5) is 24.4. The van der Waals surface area contributed by atoms with E-state index >= 15 is 0 Å². The molecule has 5 heteroatoms. The number of amides is 2. The van der Waals surface area contributed by atoms with E-state index in [2.05, 4.69) is 5.32 Å². The van der Waals surface area contributed by atoms with E-state index in [0.717, 1.165) is 6.42 Å². The van der Waals surface area contributed by atoms with Gasteiger partial charge in [-0.1, -0.05) is 6.92 Å². The van der Waals surface area contributed by atoms with Gasteiger partial charge in [0.15, 0.2) is 0 Å². The second-order valence-corrected chi connectivity index (χ2v) is 3.93. The van der Waals surface area contributed by atoms with Crippen LogP contribution < -0.4 is 11.1 Å². The molecule has 0 aromatic heterocycles. The molecule has 0 aromatic rings. The summed E-state index contributed by atoms with van der Waals surface area (Å²) in [6, 6.07) is 0. The van der Waals surface area contributed by atoms with Gasteiger partial charge >= 0.3 is 0 Å². The Morgan fingerprint density at radius 3 is 2.93 bits per heavy atom. The number of nitrogens with two attached hydrogens (primary N) is 1. The second-order valence-electron chi connectivity index (χ2n) is 3.93. The highest BCUT2D eigenvalue weighted by atomic mass is 16.2. The van der Waals surface area contributed by atoms with Crippen LogP contribution in [0, 0.1) is 5.92 Å². The van der Waals surface area contributed by atoms with E-state index in [0.29, 0.717) is 26.1 Å². The highest BCUT2D eigenvalue weighted by molar-refractivity contribution is 5.86. The van der Waals surface area contributed by atoms with Crippen molar-refractivity contribution >= 4 is 11.8 Å². The number of rotatable bonds is 5. The lowest BCUT2D eigenvalue weighted by molar-refractivity contribution is -0.133. The van der Waals surface area contributed by atoms with E-state index in [4.69, 9.17) is 5.73 Å². The molecule has 1 atom stereocenters. The SMILES string of the molecule is CCCNC(=O)CN1CC(CN)CC1=O. The molecule has 2 amide bonds. The van der Waals surface area contributed by atoms with Crippen molar-refractivity contribution in [2.45, 2.75) is 19.8 Å². The molecule has 1 unspecified atom stereocenters. The van der Waals surface area contributed by atoms with Crippen LogP contribution in [0.4, 0.5) is 0 Å². The molecule has 5 nitrogen and oxygen atoms in total. The van der Waals surface area contributed by atoms with Crippen molar-refractivity contribution in [3.8, 4) is 0 Å². The number of hydrogen-bond donors (Lipinski definition) is 2. The maximum absolute atomic E-state index is 11.4. The molecule has 1 aliphatic rings. The molecule has 0 aliphatic carbocycles. The maximum atomic E-state index is 11.4. The van der Waals surface area contributed by atoms with Gasteiger partial charge in [0.25, 0.3) is 0 Å². The van der Waals surface area contributed by atoms with E-state index in [1.54, 1.807) is 4.90 Å². The molecule has 15 heavy (non-hydrogen) atoms. The number of nitrogens with zero attached hydrogens (tertiary/aromatic N) is 1. The Morgan fingerprint density at radius 1 is 1.67 bits per heavy atom. The zero-order valence-corrected chi connectivity index (χ0v) is 9.16. The number of carbonyl (C=O) groups is 2. The minimum absolute atomic E-state index is 0.0390. The fourth-order valence-electron chi connectivity index (χ4n) is 1.66. The van der Waals surface area contributed by atoms with Crippen molar-refractivity contribution in [1.82, 2.24) is 10.2 Å². The molecule has 86 valence electrons. The van der Waals surface area contributed by atoms with E-state index < -0.39 is 0 Å². The summed E-state index contributed by atoms with van der Waals surface area (Å²) >= 11 is 0. The first kappa shape index (κ1) is 12.0. The van der Waals surface area contributed by atoms with Crippen LogP contribution in [-0.4, -0.2) is 42.9 Å². The second kappa shape index (κ2) is 5.70. The van der Waals surface area contributed by atoms with Crippen LogP contribution in [0.15, 0.2) is 0 Å². The van der Waals surface area contributed by atoms with Crippen molar-refractivity contribution < 1.29 is 9.59 Å². The third-order valence-electron chi connectivity index (χ3n) is 2.53. The summed E-state index contributed by atoms with van der Waals surface area (Å²) in [6.45, 7) is 3.97. The summed E-state index contributed by atoms with van der Waals surface area (Å²) in [7, 11) is 0. The number of hydrogen-bond acceptors (Lipinski definition) is 3. The quantitative estimate of drug-likeness (QED) is 0.635. The van der Waals surface area contributed by atoms with Crippen molar-refractivity contribution in [3.63, 3.8) is 0 Å². The molecular weight excluding hydrogens is 194 g/mol. The van der Waals surface area contributed by atoms with Gasteiger partial charge in [-0.15, -0.1) is 0 Å². The minimum Gasteiger partial charge on any atom is -0.355 e. The monoisotopic (exact) mass is 213 g/mol. The summed E-state index contributed by atoms with van der Waals surface area (Å²) in [5, 5.41) is 2.75. The molecule has 0 spiro atoms. The zero-order chi connectivity index (χ0) is 11.3. The summed E-state index contributed by atoms with van der Waals surface area (Å²) in [6.07, 6.45) is 1.39. The van der Waals surface area contributed by atoms with Crippen molar-refractivity contribution in [2.75, 3.05) is 26.2 Å². The number of carbonyl (C=O) groups excluding carboxylic acids is 2. The van der Waals surface area contributed by atoms with Crippen LogP contribution in [0.25, 0.3) is 0 Å². The normalized spacial score (nSPS) is 20.8. The van der Waals surface area contributed by atoms with E-state index in [1.165, 1.54) is 0 Å². The van der Waals surface area contributed by atoms with Gasteiger partial charge in [0.1, 0.15) is 0 Å². The molecule has 1 saturated heterocycles. The molecular formula is C10H19N3O2. The Labute approximate surface area is 90.0 Å². The van der Waals surface area contributed by atoms with Crippen molar-refractivity contribution in [2.24, 2.45) is 11.7 Å². The van der Waals surface area contributed by atoms with Gasteiger partial charge in [-0.05, 0) is 18.9 Å². The predicted molar refractivity (Wildman–Crippen MR) is 57.0 cm³/mol. The first-order valence-corrected chi connectivity index (χ1v) is 5.42. The van der Waals surface area contributed by atoms with Crippen LogP contribution in [0.1, 0.15) is 19.8 Å².